The molecule has 0 saturated carbocycles. The number of nitrogens with one attached hydrogen (secondary N) is 1. The lowest BCUT2D eigenvalue weighted by atomic mass is 9.91. The molecule has 0 aliphatic carbocycles. The van der Waals surface area contributed by atoms with Crippen molar-refractivity contribution in [3.05, 3.63) is 12.7 Å². The van der Waals surface area contributed by atoms with E-state index < -0.39 is 70.0 Å². The second kappa shape index (κ2) is 11.8. The standard InChI is InChI=1S/C11H8F17NO2S.C5H8O2/c1-2-3-29-32(30,31)11(27,28)9(22,23)7(18,19)5(14,15)4(12,13)6(16,17)8(20,21)10(24,25)26;1-3-5(6)7-4-2/h29H,2-3H2,1H3;3H,1,4H2,2H3. The lowest BCUT2D eigenvalue weighted by Gasteiger charge is -2.42. The average Bonchev–Trinajstić information content (AvgIpc) is 2.76. The zero-order valence-electron chi connectivity index (χ0n) is 18.9. The third-order valence-electron chi connectivity index (χ3n) is 4.03. The van der Waals surface area contributed by atoms with Crippen LogP contribution in [0.15, 0.2) is 12.7 Å². The molecule has 0 unspecified atom stereocenters. The van der Waals surface area contributed by atoms with E-state index in [1.165, 1.54) is 0 Å². The molecule has 0 fully saturated rings. The summed E-state index contributed by atoms with van der Waals surface area (Å²) in [6.07, 6.45) is -7.25. The summed E-state index contributed by atoms with van der Waals surface area (Å²) in [5.41, 5.74) is 0. The minimum Gasteiger partial charge on any atom is -0.463 e. The van der Waals surface area contributed by atoms with Crippen LogP contribution in [0.25, 0.3) is 0 Å². The fraction of sp³-hybridized carbons (Fsp3) is 0.812. The molecule has 5 nitrogen and oxygen atoms in total. The molecule has 0 spiro atoms. The molecule has 0 aromatic heterocycles. The Labute approximate surface area is 207 Å². The van der Waals surface area contributed by atoms with Gasteiger partial charge < -0.3 is 4.74 Å². The monoisotopic (exact) mass is 641 g/mol. The van der Waals surface area contributed by atoms with Crippen LogP contribution in [0.3, 0.4) is 0 Å². The van der Waals surface area contributed by atoms with Crippen molar-refractivity contribution < 1.29 is 92.6 Å². The van der Waals surface area contributed by atoms with Gasteiger partial charge in [0.05, 0.1) is 6.61 Å². The Morgan fingerprint density at radius 3 is 1.28 bits per heavy atom. The predicted octanol–water partition coefficient (Wildman–Crippen LogP) is 6.02. The maximum atomic E-state index is 13.5. The summed E-state index contributed by atoms with van der Waals surface area (Å²) in [5, 5.41) is -7.50. The van der Waals surface area contributed by atoms with E-state index in [9.17, 15) is 87.8 Å². The highest BCUT2D eigenvalue weighted by Crippen LogP contribution is 2.64. The zero-order chi connectivity index (χ0) is 32.3. The molecule has 234 valence electrons. The van der Waals surface area contributed by atoms with Gasteiger partial charge in [0, 0.05) is 12.6 Å². The van der Waals surface area contributed by atoms with Crippen LogP contribution in [0, 0.1) is 0 Å². The lowest BCUT2D eigenvalue weighted by molar-refractivity contribution is -0.458. The number of rotatable bonds is 12. The van der Waals surface area contributed by atoms with Crippen molar-refractivity contribution in [2.24, 2.45) is 0 Å². The van der Waals surface area contributed by atoms with Crippen molar-refractivity contribution in [1.29, 1.82) is 0 Å². The smallest absolute Gasteiger partial charge is 0.460 e. The van der Waals surface area contributed by atoms with Gasteiger partial charge in [0.2, 0.25) is 0 Å². The molecule has 39 heavy (non-hydrogen) atoms. The largest absolute Gasteiger partial charge is 0.463 e. The number of ether oxygens (including phenoxy) is 1. The summed E-state index contributed by atoms with van der Waals surface area (Å²) in [5.74, 6) is -51.8. The molecule has 0 amide bonds. The number of hydrogen-bond donors (Lipinski definition) is 1. The van der Waals surface area contributed by atoms with Crippen molar-refractivity contribution in [3.63, 3.8) is 0 Å². The number of alkyl halides is 17. The summed E-state index contributed by atoms with van der Waals surface area (Å²) in [6.45, 7) is 5.07. The number of carbonyl (C=O) groups excluding carboxylic acids is 1. The second-order valence-corrected chi connectivity index (χ2v) is 8.62. The van der Waals surface area contributed by atoms with Gasteiger partial charge in [-0.05, 0) is 13.3 Å². The Balaban J connectivity index is 0. The van der Waals surface area contributed by atoms with E-state index in [1.54, 1.807) is 6.92 Å². The summed E-state index contributed by atoms with van der Waals surface area (Å²) in [6, 6.07) is 0. The zero-order valence-corrected chi connectivity index (χ0v) is 19.7. The first-order valence-corrected chi connectivity index (χ1v) is 10.8. The Morgan fingerprint density at radius 1 is 0.692 bits per heavy atom. The molecule has 0 atom stereocenters. The first-order chi connectivity index (χ1) is 16.9. The summed E-state index contributed by atoms with van der Waals surface area (Å²) < 4.78 is 248. The third-order valence-corrected chi connectivity index (χ3v) is 5.54. The van der Waals surface area contributed by atoms with Crippen LogP contribution in [0.5, 0.6) is 0 Å². The third kappa shape index (κ3) is 6.47. The number of halogens is 17. The van der Waals surface area contributed by atoms with E-state index in [-0.39, 0.29) is 5.97 Å². The topological polar surface area (TPSA) is 72.5 Å². The van der Waals surface area contributed by atoms with Crippen molar-refractivity contribution in [2.45, 2.75) is 67.2 Å². The van der Waals surface area contributed by atoms with Gasteiger partial charge in [0.25, 0.3) is 10.0 Å². The van der Waals surface area contributed by atoms with Crippen LogP contribution in [0.1, 0.15) is 20.3 Å². The molecule has 0 aromatic carbocycles. The van der Waals surface area contributed by atoms with Gasteiger partial charge >= 0.3 is 52.9 Å². The molecule has 0 aliphatic heterocycles. The first-order valence-electron chi connectivity index (χ1n) is 9.37. The van der Waals surface area contributed by atoms with Crippen LogP contribution in [-0.2, 0) is 19.6 Å². The van der Waals surface area contributed by atoms with Gasteiger partial charge in [-0.2, -0.15) is 74.6 Å². The van der Waals surface area contributed by atoms with Gasteiger partial charge in [-0.25, -0.2) is 17.9 Å². The minimum absolute atomic E-state index is 0.359. The van der Waals surface area contributed by atoms with E-state index in [4.69, 9.17) is 0 Å². The molecule has 0 radical (unpaired) electrons. The van der Waals surface area contributed by atoms with E-state index in [1.807, 2.05) is 0 Å². The highest BCUT2D eigenvalue weighted by Gasteiger charge is 2.96. The normalized spacial score (nSPS) is 14.8. The maximum Gasteiger partial charge on any atom is 0.460 e. The van der Waals surface area contributed by atoms with Crippen LogP contribution in [0.4, 0.5) is 74.6 Å². The van der Waals surface area contributed by atoms with Crippen LogP contribution in [0.2, 0.25) is 0 Å². The first kappa shape index (κ1) is 39.1. The minimum atomic E-state index is -8.81. The number of sulfonamides is 1. The van der Waals surface area contributed by atoms with E-state index >= 15 is 0 Å². The molecule has 0 rings (SSSR count). The maximum absolute atomic E-state index is 13.5. The molecule has 0 saturated heterocycles. The van der Waals surface area contributed by atoms with Crippen molar-refractivity contribution >= 4 is 16.0 Å². The Kier molecular flexibility index (Phi) is 11.8. The highest BCUT2D eigenvalue weighted by atomic mass is 32.2. The molecular formula is C16H16F17NO4S. The average molecular weight is 641 g/mol. The summed E-state index contributed by atoms with van der Waals surface area (Å²) in [7, 11) is -7.16. The SMILES string of the molecule is C=CC(=O)OCC.CCCNS(=O)(=O)C(F)(F)C(F)(F)C(F)(F)C(F)(F)C(F)(F)C(F)(F)C(F)(F)C(F)(F)F. The van der Waals surface area contributed by atoms with E-state index in [0.29, 0.717) is 11.3 Å². The van der Waals surface area contributed by atoms with Crippen LogP contribution in [-0.4, -0.2) is 74.5 Å². The molecular weight excluding hydrogens is 625 g/mol. The van der Waals surface area contributed by atoms with Gasteiger partial charge in [-0.3, -0.25) is 0 Å². The number of hydrogen-bond acceptors (Lipinski definition) is 4. The number of carbonyl (C=O) groups is 1. The summed E-state index contributed by atoms with van der Waals surface area (Å²) in [4.78, 5) is 10.1. The predicted molar refractivity (Wildman–Crippen MR) is 94.7 cm³/mol. The second-order valence-electron chi connectivity index (χ2n) is 6.81. The van der Waals surface area contributed by atoms with E-state index in [0.717, 1.165) is 13.0 Å². The Bertz CT molecular complexity index is 960. The van der Waals surface area contributed by atoms with E-state index in [2.05, 4.69) is 11.3 Å². The quantitative estimate of drug-likeness (QED) is 0.161. The molecule has 1 N–H and O–H groups in total. The fourth-order valence-corrected chi connectivity index (χ4v) is 2.97. The molecule has 0 aromatic rings. The molecule has 0 bridgehead atoms. The lowest BCUT2D eigenvalue weighted by Crippen LogP contribution is -2.75. The van der Waals surface area contributed by atoms with Crippen molar-refractivity contribution in [2.75, 3.05) is 13.2 Å². The van der Waals surface area contributed by atoms with Gasteiger partial charge in [-0.15, -0.1) is 0 Å². The van der Waals surface area contributed by atoms with Gasteiger partial charge in [0.15, 0.2) is 0 Å². The van der Waals surface area contributed by atoms with Gasteiger partial charge in [0.1, 0.15) is 0 Å². The Hall–Kier alpha value is -2.07. The molecule has 0 heterocycles. The van der Waals surface area contributed by atoms with Crippen LogP contribution >= 0.6 is 0 Å². The van der Waals surface area contributed by atoms with Gasteiger partial charge in [-0.1, -0.05) is 13.5 Å². The van der Waals surface area contributed by atoms with Crippen molar-refractivity contribution in [3.8, 4) is 0 Å². The molecule has 23 heteroatoms. The van der Waals surface area contributed by atoms with Crippen molar-refractivity contribution in [1.82, 2.24) is 4.72 Å². The Morgan fingerprint density at radius 2 is 1.03 bits per heavy atom. The number of esters is 1. The van der Waals surface area contributed by atoms with Crippen LogP contribution < -0.4 is 4.72 Å². The molecule has 0 aliphatic rings. The summed E-state index contributed by atoms with van der Waals surface area (Å²) >= 11 is 0. The fourth-order valence-electron chi connectivity index (χ4n) is 1.85. The highest BCUT2D eigenvalue weighted by molar-refractivity contribution is 7.90.